The summed E-state index contributed by atoms with van der Waals surface area (Å²) in [6.45, 7) is 5.29. The fourth-order valence-corrected chi connectivity index (χ4v) is 2.65. The first-order valence-corrected chi connectivity index (χ1v) is 7.13. The van der Waals surface area contributed by atoms with Crippen LogP contribution < -0.4 is 10.1 Å². The molecule has 1 saturated heterocycles. The lowest BCUT2D eigenvalue weighted by Gasteiger charge is -2.29. The van der Waals surface area contributed by atoms with Crippen molar-refractivity contribution in [3.63, 3.8) is 0 Å². The van der Waals surface area contributed by atoms with Crippen LogP contribution in [0.5, 0.6) is 5.75 Å². The van der Waals surface area contributed by atoms with E-state index in [1.165, 1.54) is 5.56 Å². The number of hydrogen-bond acceptors (Lipinski definition) is 4. The van der Waals surface area contributed by atoms with Crippen molar-refractivity contribution < 1.29 is 14.3 Å². The van der Waals surface area contributed by atoms with Gasteiger partial charge >= 0.3 is 0 Å². The van der Waals surface area contributed by atoms with Gasteiger partial charge in [0.1, 0.15) is 11.8 Å². The molecule has 3 rings (SSSR count). The van der Waals surface area contributed by atoms with Crippen molar-refractivity contribution >= 4 is 11.6 Å². The second-order valence-electron chi connectivity index (χ2n) is 5.22. The van der Waals surface area contributed by atoms with E-state index in [9.17, 15) is 4.79 Å². The van der Waals surface area contributed by atoms with E-state index in [0.717, 1.165) is 24.5 Å². The summed E-state index contributed by atoms with van der Waals surface area (Å²) in [6, 6.07) is 5.78. The number of carbonyl (C=O) groups excluding carboxylic acids is 1. The topological polar surface area (TPSA) is 50.8 Å². The molecule has 108 valence electrons. The van der Waals surface area contributed by atoms with E-state index in [2.05, 4.69) is 11.4 Å². The molecule has 0 radical (unpaired) electrons. The average molecular weight is 276 g/mol. The minimum absolute atomic E-state index is 0.130. The van der Waals surface area contributed by atoms with Crippen LogP contribution >= 0.6 is 0 Å². The highest BCUT2D eigenvalue weighted by molar-refractivity contribution is 5.84. The quantitative estimate of drug-likeness (QED) is 0.903. The largest absolute Gasteiger partial charge is 0.493 e. The van der Waals surface area contributed by atoms with Crippen molar-refractivity contribution in [1.82, 2.24) is 4.90 Å². The van der Waals surface area contributed by atoms with E-state index >= 15 is 0 Å². The molecular formula is C15H20N2O3. The van der Waals surface area contributed by atoms with Crippen molar-refractivity contribution in [3.05, 3.63) is 23.8 Å². The molecule has 0 spiro atoms. The van der Waals surface area contributed by atoms with Gasteiger partial charge in [-0.15, -0.1) is 0 Å². The summed E-state index contributed by atoms with van der Waals surface area (Å²) < 4.78 is 10.8. The van der Waals surface area contributed by atoms with Gasteiger partial charge in [-0.05, 0) is 30.7 Å². The van der Waals surface area contributed by atoms with Gasteiger partial charge in [-0.3, -0.25) is 4.79 Å². The predicted molar refractivity (Wildman–Crippen MR) is 76.1 cm³/mol. The van der Waals surface area contributed by atoms with Gasteiger partial charge in [-0.25, -0.2) is 0 Å². The molecule has 20 heavy (non-hydrogen) atoms. The molecule has 1 unspecified atom stereocenters. The first kappa shape index (κ1) is 13.2. The molecule has 0 aliphatic carbocycles. The Bertz CT molecular complexity index is 498. The Kier molecular flexibility index (Phi) is 3.78. The third kappa shape index (κ3) is 2.72. The smallest absolute Gasteiger partial charge is 0.244 e. The van der Waals surface area contributed by atoms with Crippen LogP contribution in [0, 0.1) is 0 Å². The first-order valence-electron chi connectivity index (χ1n) is 7.13. The van der Waals surface area contributed by atoms with Crippen LogP contribution in [0.3, 0.4) is 0 Å². The number of ether oxygens (including phenoxy) is 2. The Labute approximate surface area is 118 Å². The summed E-state index contributed by atoms with van der Waals surface area (Å²) in [5.74, 6) is 1.09. The summed E-state index contributed by atoms with van der Waals surface area (Å²) in [5, 5.41) is 3.28. The highest BCUT2D eigenvalue weighted by atomic mass is 16.5. The van der Waals surface area contributed by atoms with E-state index in [4.69, 9.17) is 9.47 Å². The molecule has 1 aromatic rings. The second-order valence-corrected chi connectivity index (χ2v) is 5.22. The molecule has 0 bridgehead atoms. The number of carbonyl (C=O) groups is 1. The zero-order valence-corrected chi connectivity index (χ0v) is 11.7. The maximum Gasteiger partial charge on any atom is 0.244 e. The lowest BCUT2D eigenvalue weighted by Crippen LogP contribution is -2.46. The number of fused-ring (bicyclic) bond motifs is 1. The fourth-order valence-electron chi connectivity index (χ4n) is 2.65. The molecule has 1 fully saturated rings. The maximum atomic E-state index is 12.3. The molecule has 0 saturated carbocycles. The Balaban J connectivity index is 1.63. The van der Waals surface area contributed by atoms with E-state index < -0.39 is 0 Å². The third-order valence-electron chi connectivity index (χ3n) is 3.77. The standard InChI is InChI=1S/C15H20N2O3/c1-11(15(18)17-5-8-19-9-6-17)16-13-2-3-14-12(10-13)4-7-20-14/h2-3,10-11,16H,4-9H2,1H3. The van der Waals surface area contributed by atoms with Gasteiger partial charge in [0.15, 0.2) is 0 Å². The molecule has 1 amide bonds. The molecule has 2 aliphatic rings. The van der Waals surface area contributed by atoms with Gasteiger partial charge in [-0.1, -0.05) is 0 Å². The van der Waals surface area contributed by atoms with Gasteiger partial charge in [0.05, 0.1) is 19.8 Å². The number of benzene rings is 1. The van der Waals surface area contributed by atoms with Crippen molar-refractivity contribution in [3.8, 4) is 5.75 Å². The summed E-state index contributed by atoms with van der Waals surface area (Å²) in [6.07, 6.45) is 0.941. The number of amides is 1. The fraction of sp³-hybridized carbons (Fsp3) is 0.533. The Hall–Kier alpha value is -1.75. The van der Waals surface area contributed by atoms with Gasteiger partial charge in [0, 0.05) is 25.2 Å². The Morgan fingerprint density at radius 1 is 1.30 bits per heavy atom. The molecule has 2 heterocycles. The van der Waals surface area contributed by atoms with Crippen molar-refractivity contribution in [2.45, 2.75) is 19.4 Å². The zero-order chi connectivity index (χ0) is 13.9. The molecular weight excluding hydrogens is 256 g/mol. The van der Waals surface area contributed by atoms with Crippen LogP contribution in [0.15, 0.2) is 18.2 Å². The van der Waals surface area contributed by atoms with Crippen LogP contribution in [0.2, 0.25) is 0 Å². The van der Waals surface area contributed by atoms with Crippen LogP contribution in [0.25, 0.3) is 0 Å². The normalized spacial score (nSPS) is 19.1. The number of morpholine rings is 1. The highest BCUT2D eigenvalue weighted by Gasteiger charge is 2.22. The van der Waals surface area contributed by atoms with Crippen LogP contribution in [0.4, 0.5) is 5.69 Å². The van der Waals surface area contributed by atoms with E-state index in [-0.39, 0.29) is 11.9 Å². The molecule has 1 aromatic carbocycles. The van der Waals surface area contributed by atoms with E-state index in [0.29, 0.717) is 26.3 Å². The van der Waals surface area contributed by atoms with Gasteiger partial charge in [-0.2, -0.15) is 0 Å². The second kappa shape index (κ2) is 5.71. The van der Waals surface area contributed by atoms with Gasteiger partial charge < -0.3 is 19.7 Å². The van der Waals surface area contributed by atoms with E-state index in [1.807, 2.05) is 24.0 Å². The number of anilines is 1. The molecule has 5 nitrogen and oxygen atoms in total. The number of hydrogen-bond donors (Lipinski definition) is 1. The van der Waals surface area contributed by atoms with Crippen molar-refractivity contribution in [2.75, 3.05) is 38.2 Å². The molecule has 0 aromatic heterocycles. The lowest BCUT2D eigenvalue weighted by molar-refractivity contribution is -0.135. The monoisotopic (exact) mass is 276 g/mol. The van der Waals surface area contributed by atoms with Crippen LogP contribution in [-0.4, -0.2) is 49.8 Å². The van der Waals surface area contributed by atoms with E-state index in [1.54, 1.807) is 0 Å². The number of rotatable bonds is 3. The molecule has 1 N–H and O–H groups in total. The summed E-state index contributed by atoms with van der Waals surface area (Å²) in [5.41, 5.74) is 2.18. The zero-order valence-electron chi connectivity index (χ0n) is 11.7. The molecule has 2 aliphatic heterocycles. The van der Waals surface area contributed by atoms with Gasteiger partial charge in [0.25, 0.3) is 0 Å². The minimum atomic E-state index is -0.228. The van der Waals surface area contributed by atoms with Gasteiger partial charge in [0.2, 0.25) is 5.91 Å². The summed E-state index contributed by atoms with van der Waals surface area (Å²) >= 11 is 0. The minimum Gasteiger partial charge on any atom is -0.493 e. The van der Waals surface area contributed by atoms with Crippen LogP contribution in [-0.2, 0) is 16.0 Å². The summed E-state index contributed by atoms with van der Waals surface area (Å²) in [4.78, 5) is 14.2. The van der Waals surface area contributed by atoms with Crippen LogP contribution in [0.1, 0.15) is 12.5 Å². The Morgan fingerprint density at radius 3 is 2.90 bits per heavy atom. The number of nitrogens with one attached hydrogen (secondary N) is 1. The molecule has 5 heteroatoms. The third-order valence-corrected chi connectivity index (χ3v) is 3.77. The maximum absolute atomic E-state index is 12.3. The van der Waals surface area contributed by atoms with Crippen molar-refractivity contribution in [1.29, 1.82) is 0 Å². The SMILES string of the molecule is CC(Nc1ccc2c(c1)CCO2)C(=O)N1CCOCC1. The average Bonchev–Trinajstić information content (AvgIpc) is 2.95. The first-order chi connectivity index (χ1) is 9.74. The molecule has 1 atom stereocenters. The predicted octanol–water partition coefficient (Wildman–Crippen LogP) is 1.28. The lowest BCUT2D eigenvalue weighted by atomic mass is 10.1. The van der Waals surface area contributed by atoms with Crippen molar-refractivity contribution in [2.24, 2.45) is 0 Å². The number of nitrogens with zero attached hydrogens (tertiary/aromatic N) is 1. The summed E-state index contributed by atoms with van der Waals surface area (Å²) in [7, 11) is 0. The Morgan fingerprint density at radius 2 is 2.10 bits per heavy atom. The highest BCUT2D eigenvalue weighted by Crippen LogP contribution is 2.28.